The van der Waals surface area contributed by atoms with Crippen LogP contribution in [0, 0.1) is 5.92 Å². The van der Waals surface area contributed by atoms with E-state index in [1.54, 1.807) is 0 Å². The molecule has 1 aromatic rings. The lowest BCUT2D eigenvalue weighted by Crippen LogP contribution is -2.34. The second-order valence-electron chi connectivity index (χ2n) is 5.78. The summed E-state index contributed by atoms with van der Waals surface area (Å²) in [5.41, 5.74) is 6.86. The molecule has 1 heterocycles. The summed E-state index contributed by atoms with van der Waals surface area (Å²) in [6.45, 7) is 1.11. The summed E-state index contributed by atoms with van der Waals surface area (Å²) >= 11 is 0. The number of hydrogen-bond acceptors (Lipinski definition) is 5. The zero-order valence-corrected chi connectivity index (χ0v) is 15.4. The molecule has 0 aromatic heterocycles. The number of nitrogens with zero attached hydrogens (tertiary/aromatic N) is 1. The molecule has 1 fully saturated rings. The van der Waals surface area contributed by atoms with Crippen molar-refractivity contribution in [1.29, 1.82) is 0 Å². The maximum Gasteiger partial charge on any atom is 0.215 e. The van der Waals surface area contributed by atoms with E-state index in [0.29, 0.717) is 19.6 Å². The van der Waals surface area contributed by atoms with Gasteiger partial charge >= 0.3 is 0 Å². The molecular formula is C14H23ClN2O4S2. The number of halogens is 1. The second kappa shape index (κ2) is 7.94. The van der Waals surface area contributed by atoms with E-state index in [9.17, 15) is 16.8 Å². The number of benzene rings is 1. The van der Waals surface area contributed by atoms with Crippen LogP contribution in [0.4, 0.5) is 0 Å². The lowest BCUT2D eigenvalue weighted by atomic mass is 9.89. The molecule has 1 aromatic carbocycles. The molecule has 132 valence electrons. The van der Waals surface area contributed by atoms with Crippen molar-refractivity contribution in [2.75, 3.05) is 37.4 Å². The van der Waals surface area contributed by atoms with Crippen LogP contribution in [-0.4, -0.2) is 58.5 Å². The standard InChI is InChI=1S/C14H22N2O4S2.ClH/c1-21(17,18)7-8-22(19,20)16-10-13(9-15)14(11-16)12-5-3-2-4-6-12;/h2-6,13-14H,7-11,15H2,1H3;1H/t13-,14+;/m1./s1. The zero-order chi connectivity index (χ0) is 16.4. The van der Waals surface area contributed by atoms with Gasteiger partial charge in [0.05, 0.1) is 11.5 Å². The summed E-state index contributed by atoms with van der Waals surface area (Å²) in [5.74, 6) is -0.616. The molecule has 2 N–H and O–H groups in total. The molecule has 2 atom stereocenters. The van der Waals surface area contributed by atoms with Gasteiger partial charge in [0.15, 0.2) is 0 Å². The number of nitrogens with two attached hydrogens (primary N) is 1. The number of sulfone groups is 1. The Bertz CT molecular complexity index is 708. The lowest BCUT2D eigenvalue weighted by Gasteiger charge is -2.16. The molecule has 0 bridgehead atoms. The Labute approximate surface area is 144 Å². The highest BCUT2D eigenvalue weighted by molar-refractivity contribution is 7.93. The Hall–Kier alpha value is -0.670. The third-order valence-corrected chi connectivity index (χ3v) is 7.05. The third-order valence-electron chi connectivity index (χ3n) is 4.04. The molecule has 1 aliphatic rings. The van der Waals surface area contributed by atoms with Gasteiger partial charge in [-0.15, -0.1) is 12.4 Å². The molecule has 23 heavy (non-hydrogen) atoms. The summed E-state index contributed by atoms with van der Waals surface area (Å²) in [5, 5.41) is 0. The fourth-order valence-electron chi connectivity index (χ4n) is 2.76. The van der Waals surface area contributed by atoms with Crippen LogP contribution in [0.3, 0.4) is 0 Å². The SMILES string of the molecule is CS(=O)(=O)CCS(=O)(=O)N1C[C@@H](CN)[C@H](c2ccccc2)C1.Cl. The summed E-state index contributed by atoms with van der Waals surface area (Å²) < 4.78 is 48.5. The van der Waals surface area contributed by atoms with Crippen LogP contribution in [0.15, 0.2) is 30.3 Å². The molecule has 1 saturated heterocycles. The average Bonchev–Trinajstić information content (AvgIpc) is 2.90. The molecule has 0 aliphatic carbocycles. The van der Waals surface area contributed by atoms with Gasteiger partial charge in [0.1, 0.15) is 9.84 Å². The molecular weight excluding hydrogens is 360 g/mol. The third kappa shape index (κ3) is 5.42. The Kier molecular flexibility index (Phi) is 7.03. The Morgan fingerprint density at radius 1 is 1.09 bits per heavy atom. The van der Waals surface area contributed by atoms with Gasteiger partial charge in [0.25, 0.3) is 0 Å². The van der Waals surface area contributed by atoms with Crippen molar-refractivity contribution in [2.45, 2.75) is 5.92 Å². The van der Waals surface area contributed by atoms with Crippen molar-refractivity contribution in [2.24, 2.45) is 11.7 Å². The van der Waals surface area contributed by atoms with E-state index in [2.05, 4.69) is 0 Å². The minimum atomic E-state index is -3.58. The van der Waals surface area contributed by atoms with Gasteiger partial charge in [-0.05, 0) is 18.0 Å². The van der Waals surface area contributed by atoms with Crippen LogP contribution >= 0.6 is 12.4 Å². The highest BCUT2D eigenvalue weighted by Gasteiger charge is 2.38. The van der Waals surface area contributed by atoms with Crippen molar-refractivity contribution >= 4 is 32.3 Å². The fourth-order valence-corrected chi connectivity index (χ4v) is 5.88. The van der Waals surface area contributed by atoms with Crippen molar-refractivity contribution in [3.8, 4) is 0 Å². The Morgan fingerprint density at radius 2 is 1.70 bits per heavy atom. The number of hydrogen-bond donors (Lipinski definition) is 1. The molecule has 0 saturated carbocycles. The quantitative estimate of drug-likeness (QED) is 0.770. The number of sulfonamides is 1. The molecule has 0 amide bonds. The normalized spacial score (nSPS) is 22.7. The van der Waals surface area contributed by atoms with E-state index >= 15 is 0 Å². The topological polar surface area (TPSA) is 97.5 Å². The maximum absolute atomic E-state index is 12.3. The summed E-state index contributed by atoms with van der Waals surface area (Å²) in [4.78, 5) is 0. The van der Waals surface area contributed by atoms with E-state index in [-0.39, 0.29) is 35.7 Å². The van der Waals surface area contributed by atoms with Gasteiger partial charge in [0.2, 0.25) is 10.0 Å². The van der Waals surface area contributed by atoms with E-state index in [4.69, 9.17) is 5.73 Å². The highest BCUT2D eigenvalue weighted by atomic mass is 35.5. The van der Waals surface area contributed by atoms with Crippen LogP contribution in [-0.2, 0) is 19.9 Å². The predicted molar refractivity (Wildman–Crippen MR) is 94.0 cm³/mol. The lowest BCUT2D eigenvalue weighted by molar-refractivity contribution is 0.459. The van der Waals surface area contributed by atoms with Crippen molar-refractivity contribution in [3.05, 3.63) is 35.9 Å². The smallest absolute Gasteiger partial charge is 0.215 e. The molecule has 6 nitrogen and oxygen atoms in total. The van der Waals surface area contributed by atoms with Gasteiger partial charge in [0, 0.05) is 25.3 Å². The van der Waals surface area contributed by atoms with E-state index in [1.165, 1.54) is 4.31 Å². The molecule has 2 rings (SSSR count). The van der Waals surface area contributed by atoms with Crippen LogP contribution in [0.2, 0.25) is 0 Å². The first kappa shape index (κ1) is 20.4. The van der Waals surface area contributed by atoms with Gasteiger partial charge in [-0.1, -0.05) is 30.3 Å². The van der Waals surface area contributed by atoms with Gasteiger partial charge in [-0.25, -0.2) is 21.1 Å². The van der Waals surface area contributed by atoms with Crippen LogP contribution < -0.4 is 5.73 Å². The molecule has 0 radical (unpaired) electrons. The van der Waals surface area contributed by atoms with Gasteiger partial charge in [-0.3, -0.25) is 0 Å². The Balaban J connectivity index is 0.00000264. The minimum Gasteiger partial charge on any atom is -0.330 e. The largest absolute Gasteiger partial charge is 0.330 e. The minimum absolute atomic E-state index is 0. The summed E-state index contributed by atoms with van der Waals surface area (Å²) in [6.07, 6.45) is 1.04. The number of rotatable bonds is 6. The Morgan fingerprint density at radius 3 is 2.22 bits per heavy atom. The van der Waals surface area contributed by atoms with Crippen LogP contribution in [0.1, 0.15) is 11.5 Å². The first-order valence-electron chi connectivity index (χ1n) is 7.13. The molecule has 9 heteroatoms. The average molecular weight is 383 g/mol. The first-order chi connectivity index (χ1) is 10.2. The second-order valence-corrected chi connectivity index (χ2v) is 10.1. The van der Waals surface area contributed by atoms with E-state index < -0.39 is 19.9 Å². The van der Waals surface area contributed by atoms with E-state index in [1.807, 2.05) is 30.3 Å². The fraction of sp³-hybridized carbons (Fsp3) is 0.571. The summed E-state index contributed by atoms with van der Waals surface area (Å²) in [6, 6.07) is 9.70. The van der Waals surface area contributed by atoms with Crippen molar-refractivity contribution in [1.82, 2.24) is 4.31 Å². The highest BCUT2D eigenvalue weighted by Crippen LogP contribution is 2.33. The molecule has 0 unspecified atom stereocenters. The van der Waals surface area contributed by atoms with Gasteiger partial charge in [-0.2, -0.15) is 0 Å². The van der Waals surface area contributed by atoms with Crippen LogP contribution in [0.5, 0.6) is 0 Å². The maximum atomic E-state index is 12.3. The van der Waals surface area contributed by atoms with Crippen LogP contribution in [0.25, 0.3) is 0 Å². The molecule has 0 spiro atoms. The summed E-state index contributed by atoms with van der Waals surface area (Å²) in [7, 11) is -6.88. The van der Waals surface area contributed by atoms with Crippen molar-refractivity contribution < 1.29 is 16.8 Å². The zero-order valence-electron chi connectivity index (χ0n) is 13.0. The monoisotopic (exact) mass is 382 g/mol. The van der Waals surface area contributed by atoms with Crippen molar-refractivity contribution in [3.63, 3.8) is 0 Å². The predicted octanol–water partition coefficient (Wildman–Crippen LogP) is 0.457. The molecule has 1 aliphatic heterocycles. The van der Waals surface area contributed by atoms with Gasteiger partial charge < -0.3 is 5.73 Å². The first-order valence-corrected chi connectivity index (χ1v) is 10.8. The van der Waals surface area contributed by atoms with E-state index in [0.717, 1.165) is 11.8 Å².